The zero-order valence-corrected chi connectivity index (χ0v) is 20.8. The highest BCUT2D eigenvalue weighted by Crippen LogP contribution is 2.36. The summed E-state index contributed by atoms with van der Waals surface area (Å²) in [6.07, 6.45) is 2.06. The fourth-order valence-corrected chi connectivity index (χ4v) is 3.81. The lowest BCUT2D eigenvalue weighted by atomic mass is 10.1. The lowest BCUT2D eigenvalue weighted by Crippen LogP contribution is -2.26. The number of hydrogen-bond donors (Lipinski definition) is 2. The van der Waals surface area contributed by atoms with Gasteiger partial charge in [-0.3, -0.25) is 4.79 Å². The maximum atomic E-state index is 12.3. The normalized spacial score (nSPS) is 11.6. The van der Waals surface area contributed by atoms with E-state index in [-0.39, 0.29) is 12.5 Å². The Morgan fingerprint density at radius 1 is 1.00 bits per heavy atom. The third kappa shape index (κ3) is 8.08. The van der Waals surface area contributed by atoms with Gasteiger partial charge in [-0.1, -0.05) is 59.6 Å². The number of rotatable bonds is 12. The second-order valence-corrected chi connectivity index (χ2v) is 8.75. The van der Waals surface area contributed by atoms with E-state index in [1.165, 1.54) is 5.56 Å². The largest absolute Gasteiger partial charge is 0.490 e. The van der Waals surface area contributed by atoms with Crippen LogP contribution in [0.5, 0.6) is 11.5 Å². The van der Waals surface area contributed by atoms with Crippen molar-refractivity contribution in [1.82, 2.24) is 5.32 Å². The van der Waals surface area contributed by atoms with Gasteiger partial charge in [0.25, 0.3) is 5.91 Å². The summed E-state index contributed by atoms with van der Waals surface area (Å²) in [6.45, 7) is 7.03. The van der Waals surface area contributed by atoms with E-state index in [1.54, 1.807) is 0 Å². The number of benzene rings is 3. The van der Waals surface area contributed by atoms with Crippen LogP contribution in [0.2, 0.25) is 5.02 Å². The monoisotopic (exact) mass is 480 g/mol. The van der Waals surface area contributed by atoms with Gasteiger partial charge in [-0.15, -0.1) is 0 Å². The molecule has 180 valence electrons. The second kappa shape index (κ2) is 13.0. The summed E-state index contributed by atoms with van der Waals surface area (Å²) in [7, 11) is 0. The molecule has 0 fully saturated rings. The average molecular weight is 481 g/mol. The topological polar surface area (TPSA) is 59.6 Å². The Bertz CT molecular complexity index is 1060. The molecular formula is C28H33ClN2O3. The summed E-state index contributed by atoms with van der Waals surface area (Å²) in [5.41, 5.74) is 4.18. The number of aryl methyl sites for hydroxylation is 2. The van der Waals surface area contributed by atoms with Crippen LogP contribution in [0.1, 0.15) is 37.0 Å². The molecule has 3 aromatic carbocycles. The third-order valence-corrected chi connectivity index (χ3v) is 5.70. The minimum absolute atomic E-state index is 0.165. The van der Waals surface area contributed by atoms with E-state index in [2.05, 4.69) is 41.8 Å². The molecule has 1 amide bonds. The lowest BCUT2D eigenvalue weighted by Gasteiger charge is -2.17. The van der Waals surface area contributed by atoms with Crippen molar-refractivity contribution in [2.45, 2.75) is 46.2 Å². The van der Waals surface area contributed by atoms with E-state index in [1.807, 2.05) is 56.3 Å². The smallest absolute Gasteiger partial charge is 0.262 e. The molecule has 0 bridgehead atoms. The molecule has 0 saturated carbocycles. The van der Waals surface area contributed by atoms with Gasteiger partial charge in [0.1, 0.15) is 0 Å². The van der Waals surface area contributed by atoms with Gasteiger partial charge < -0.3 is 20.1 Å². The van der Waals surface area contributed by atoms with Crippen LogP contribution in [0.3, 0.4) is 0 Å². The summed E-state index contributed by atoms with van der Waals surface area (Å²) in [5, 5.41) is 6.79. The van der Waals surface area contributed by atoms with Crippen molar-refractivity contribution >= 4 is 23.2 Å². The SMILES string of the molecule is CCOc1cc(CNC(C)CCc2ccccc2)cc(Cl)c1OCC(=O)Nc1ccc(C)cc1. The Morgan fingerprint density at radius 2 is 1.74 bits per heavy atom. The molecule has 0 aliphatic carbocycles. The van der Waals surface area contributed by atoms with Crippen LogP contribution < -0.4 is 20.1 Å². The molecule has 3 rings (SSSR count). The molecule has 0 heterocycles. The van der Waals surface area contributed by atoms with Gasteiger partial charge in [-0.25, -0.2) is 0 Å². The maximum Gasteiger partial charge on any atom is 0.262 e. The number of nitrogens with one attached hydrogen (secondary N) is 2. The van der Waals surface area contributed by atoms with Gasteiger partial charge in [0, 0.05) is 18.3 Å². The number of hydrogen-bond acceptors (Lipinski definition) is 4. The van der Waals surface area contributed by atoms with Gasteiger partial charge in [0.05, 0.1) is 11.6 Å². The first kappa shape index (κ1) is 25.6. The molecular weight excluding hydrogens is 448 g/mol. The number of carbonyl (C=O) groups excluding carboxylic acids is 1. The van der Waals surface area contributed by atoms with Gasteiger partial charge >= 0.3 is 0 Å². The van der Waals surface area contributed by atoms with Crippen molar-refractivity contribution in [2.24, 2.45) is 0 Å². The minimum Gasteiger partial charge on any atom is -0.490 e. The second-order valence-electron chi connectivity index (χ2n) is 8.35. The fourth-order valence-electron chi connectivity index (χ4n) is 3.52. The predicted molar refractivity (Wildman–Crippen MR) is 139 cm³/mol. The Kier molecular flexibility index (Phi) is 9.80. The molecule has 2 N–H and O–H groups in total. The van der Waals surface area contributed by atoms with Crippen molar-refractivity contribution < 1.29 is 14.3 Å². The van der Waals surface area contributed by atoms with Crippen LogP contribution in [0.4, 0.5) is 5.69 Å². The van der Waals surface area contributed by atoms with Gasteiger partial charge in [0.15, 0.2) is 18.1 Å². The highest BCUT2D eigenvalue weighted by atomic mass is 35.5. The Hall–Kier alpha value is -3.02. The van der Waals surface area contributed by atoms with Crippen LogP contribution >= 0.6 is 11.6 Å². The minimum atomic E-state index is -0.264. The molecule has 5 nitrogen and oxygen atoms in total. The van der Waals surface area contributed by atoms with E-state index in [0.29, 0.717) is 35.7 Å². The first-order chi connectivity index (χ1) is 16.4. The van der Waals surface area contributed by atoms with E-state index in [0.717, 1.165) is 29.7 Å². The number of halogens is 1. The Labute approximate surface area is 207 Å². The first-order valence-corrected chi connectivity index (χ1v) is 12.0. The molecule has 0 radical (unpaired) electrons. The van der Waals surface area contributed by atoms with E-state index >= 15 is 0 Å². The number of ether oxygens (including phenoxy) is 2. The van der Waals surface area contributed by atoms with Crippen molar-refractivity contribution in [2.75, 3.05) is 18.5 Å². The van der Waals surface area contributed by atoms with Crippen molar-refractivity contribution in [1.29, 1.82) is 0 Å². The van der Waals surface area contributed by atoms with E-state index in [4.69, 9.17) is 21.1 Å². The summed E-state index contributed by atoms with van der Waals surface area (Å²) >= 11 is 6.52. The molecule has 3 aromatic rings. The molecule has 0 aliphatic heterocycles. The van der Waals surface area contributed by atoms with Crippen molar-refractivity contribution in [3.05, 3.63) is 88.4 Å². The molecule has 0 aromatic heterocycles. The highest BCUT2D eigenvalue weighted by Gasteiger charge is 2.15. The lowest BCUT2D eigenvalue weighted by molar-refractivity contribution is -0.118. The van der Waals surface area contributed by atoms with Crippen LogP contribution in [-0.4, -0.2) is 25.2 Å². The fraction of sp³-hybridized carbons (Fsp3) is 0.321. The van der Waals surface area contributed by atoms with E-state index < -0.39 is 0 Å². The van der Waals surface area contributed by atoms with E-state index in [9.17, 15) is 4.79 Å². The summed E-state index contributed by atoms with van der Waals surface area (Å²) in [6, 6.07) is 22.2. The van der Waals surface area contributed by atoms with Gasteiger partial charge in [0.2, 0.25) is 0 Å². The summed E-state index contributed by atoms with van der Waals surface area (Å²) in [4.78, 5) is 12.3. The number of carbonyl (C=O) groups is 1. The summed E-state index contributed by atoms with van der Waals surface area (Å²) in [5.74, 6) is 0.649. The zero-order chi connectivity index (χ0) is 24.3. The van der Waals surface area contributed by atoms with Gasteiger partial charge in [-0.2, -0.15) is 0 Å². The van der Waals surface area contributed by atoms with Crippen LogP contribution in [0.25, 0.3) is 0 Å². The van der Waals surface area contributed by atoms with Crippen LogP contribution in [-0.2, 0) is 17.8 Å². The number of anilines is 1. The third-order valence-electron chi connectivity index (χ3n) is 5.42. The molecule has 0 saturated heterocycles. The average Bonchev–Trinajstić information content (AvgIpc) is 2.83. The molecule has 0 spiro atoms. The highest BCUT2D eigenvalue weighted by molar-refractivity contribution is 6.32. The Morgan fingerprint density at radius 3 is 2.44 bits per heavy atom. The van der Waals surface area contributed by atoms with Crippen LogP contribution in [0, 0.1) is 6.92 Å². The Balaban J connectivity index is 1.56. The number of amides is 1. The molecule has 6 heteroatoms. The molecule has 1 atom stereocenters. The molecule has 1 unspecified atom stereocenters. The van der Waals surface area contributed by atoms with Crippen molar-refractivity contribution in [3.63, 3.8) is 0 Å². The molecule has 34 heavy (non-hydrogen) atoms. The van der Waals surface area contributed by atoms with Gasteiger partial charge in [-0.05, 0) is 69.0 Å². The van der Waals surface area contributed by atoms with Crippen molar-refractivity contribution in [3.8, 4) is 11.5 Å². The summed E-state index contributed by atoms with van der Waals surface area (Å²) < 4.78 is 11.5. The predicted octanol–water partition coefficient (Wildman–Crippen LogP) is 6.18. The standard InChI is InChI=1S/C28H33ClN2O3/c1-4-33-26-17-23(18-30-21(3)12-13-22-8-6-5-7-9-22)16-25(29)28(26)34-19-27(32)31-24-14-10-20(2)11-15-24/h5-11,14-17,21,30H,4,12-13,18-19H2,1-3H3,(H,31,32). The maximum absolute atomic E-state index is 12.3. The molecule has 0 aliphatic rings. The zero-order valence-electron chi connectivity index (χ0n) is 20.1. The van der Waals surface area contributed by atoms with Crippen LogP contribution in [0.15, 0.2) is 66.7 Å². The first-order valence-electron chi connectivity index (χ1n) is 11.7. The quantitative estimate of drug-likeness (QED) is 0.325.